The Morgan fingerprint density at radius 3 is 2.22 bits per heavy atom. The van der Waals surface area contributed by atoms with E-state index in [1.165, 1.54) is 13.2 Å². The van der Waals surface area contributed by atoms with E-state index in [-0.39, 0.29) is 16.6 Å². The van der Waals surface area contributed by atoms with Gasteiger partial charge in [0.05, 0.1) is 7.11 Å². The minimum Gasteiger partial charge on any atom is -0.495 e. The first-order valence-electron chi connectivity index (χ1n) is 11.9. The van der Waals surface area contributed by atoms with Gasteiger partial charge in [0.2, 0.25) is 10.0 Å². The number of nitrogens with zero attached hydrogens (tertiary/aromatic N) is 3. The van der Waals surface area contributed by atoms with Gasteiger partial charge in [-0.15, -0.1) is 0 Å². The summed E-state index contributed by atoms with van der Waals surface area (Å²) in [6, 6.07) is 4.79. The lowest BCUT2D eigenvalue weighted by atomic mass is 10.1. The smallest absolute Gasteiger partial charge is 0.253 e. The van der Waals surface area contributed by atoms with Crippen molar-refractivity contribution in [3.63, 3.8) is 0 Å². The molecule has 1 fully saturated rings. The number of sulfonamides is 1. The van der Waals surface area contributed by atoms with Gasteiger partial charge in [-0.25, -0.2) is 8.42 Å². The number of carbonyl (C=O) groups is 1. The van der Waals surface area contributed by atoms with Gasteiger partial charge in [0, 0.05) is 38.3 Å². The van der Waals surface area contributed by atoms with Gasteiger partial charge in [0.1, 0.15) is 10.6 Å². The Morgan fingerprint density at radius 2 is 1.69 bits per heavy atom. The van der Waals surface area contributed by atoms with E-state index in [4.69, 9.17) is 4.74 Å². The molecule has 8 heteroatoms. The summed E-state index contributed by atoms with van der Waals surface area (Å²) in [6.45, 7) is 13.3. The van der Waals surface area contributed by atoms with Crippen LogP contribution in [0.1, 0.15) is 63.7 Å². The fourth-order valence-electron chi connectivity index (χ4n) is 4.13. The Hall–Kier alpha value is -1.64. The molecule has 32 heavy (non-hydrogen) atoms. The quantitative estimate of drug-likeness (QED) is 0.496. The summed E-state index contributed by atoms with van der Waals surface area (Å²) in [6.07, 6.45) is 3.79. The lowest BCUT2D eigenvalue weighted by Crippen LogP contribution is -2.40. The van der Waals surface area contributed by atoms with E-state index in [1.54, 1.807) is 16.4 Å². The fraction of sp³-hybridized carbons (Fsp3) is 0.708. The molecule has 0 bridgehead atoms. The van der Waals surface area contributed by atoms with Crippen LogP contribution in [0.15, 0.2) is 23.1 Å². The Kier molecular flexibility index (Phi) is 10.4. The first-order valence-corrected chi connectivity index (χ1v) is 13.4. The van der Waals surface area contributed by atoms with E-state index in [0.29, 0.717) is 37.7 Å². The Balaban J connectivity index is 2.35. The molecule has 7 nitrogen and oxygen atoms in total. The second kappa shape index (κ2) is 12.6. The standard InChI is InChI=1S/C24H41N3O4S/c1-6-25(7-2)16-17-26(19-20(3)4)24(28)21-12-13-22(31-5)23(18-21)32(29,30)27-14-10-8-9-11-15-27/h12-13,18,20H,6-11,14-17,19H2,1-5H3. The highest BCUT2D eigenvalue weighted by Crippen LogP contribution is 2.30. The van der Waals surface area contributed by atoms with Gasteiger partial charge in [-0.2, -0.15) is 4.31 Å². The molecule has 0 atom stereocenters. The first-order chi connectivity index (χ1) is 15.2. The number of ether oxygens (including phenoxy) is 1. The molecule has 182 valence electrons. The lowest BCUT2D eigenvalue weighted by molar-refractivity contribution is 0.0716. The molecule has 0 radical (unpaired) electrons. The maximum absolute atomic E-state index is 13.4. The second-order valence-electron chi connectivity index (χ2n) is 8.86. The largest absolute Gasteiger partial charge is 0.495 e. The number of carbonyl (C=O) groups excluding carboxylic acids is 1. The third-order valence-corrected chi connectivity index (χ3v) is 7.97. The third-order valence-electron chi connectivity index (χ3n) is 6.05. The van der Waals surface area contributed by atoms with Crippen LogP contribution in [-0.4, -0.2) is 81.4 Å². The predicted octanol–water partition coefficient (Wildman–Crippen LogP) is 3.70. The van der Waals surface area contributed by atoms with Crippen LogP contribution in [0.3, 0.4) is 0 Å². The summed E-state index contributed by atoms with van der Waals surface area (Å²) in [5.41, 5.74) is 0.388. The van der Waals surface area contributed by atoms with Crippen molar-refractivity contribution in [3.05, 3.63) is 23.8 Å². The number of rotatable bonds is 11. The van der Waals surface area contributed by atoms with Crippen LogP contribution in [0.5, 0.6) is 5.75 Å². The van der Waals surface area contributed by atoms with E-state index in [1.807, 2.05) is 4.90 Å². The number of hydrogen-bond donors (Lipinski definition) is 0. The molecule has 0 spiro atoms. The van der Waals surface area contributed by atoms with Gasteiger partial charge >= 0.3 is 0 Å². The molecular formula is C24H41N3O4S. The number of likely N-dealkylation sites (N-methyl/N-ethyl adjacent to an activating group) is 1. The molecule has 1 aromatic carbocycles. The minimum atomic E-state index is -3.74. The predicted molar refractivity (Wildman–Crippen MR) is 129 cm³/mol. The molecule has 1 aliphatic rings. The van der Waals surface area contributed by atoms with Crippen LogP contribution < -0.4 is 4.74 Å². The zero-order valence-electron chi connectivity index (χ0n) is 20.5. The van der Waals surface area contributed by atoms with Crippen LogP contribution in [0, 0.1) is 5.92 Å². The number of amides is 1. The van der Waals surface area contributed by atoms with Crippen LogP contribution in [0.2, 0.25) is 0 Å². The van der Waals surface area contributed by atoms with Crippen molar-refractivity contribution in [1.82, 2.24) is 14.1 Å². The van der Waals surface area contributed by atoms with Crippen molar-refractivity contribution < 1.29 is 17.9 Å². The molecule has 0 saturated carbocycles. The molecular weight excluding hydrogens is 426 g/mol. The van der Waals surface area contributed by atoms with Crippen molar-refractivity contribution in [1.29, 1.82) is 0 Å². The summed E-state index contributed by atoms with van der Waals surface area (Å²) in [5, 5.41) is 0. The number of benzene rings is 1. The zero-order valence-corrected chi connectivity index (χ0v) is 21.3. The van der Waals surface area contributed by atoms with Crippen LogP contribution in [-0.2, 0) is 10.0 Å². The Bertz CT molecular complexity index is 830. The molecule has 1 aromatic rings. The summed E-state index contributed by atoms with van der Waals surface area (Å²) in [4.78, 5) is 17.6. The minimum absolute atomic E-state index is 0.0842. The molecule has 1 amide bonds. The first kappa shape index (κ1) is 26.6. The van der Waals surface area contributed by atoms with Gasteiger partial charge in [0.25, 0.3) is 5.91 Å². The van der Waals surface area contributed by atoms with Crippen LogP contribution in [0.4, 0.5) is 0 Å². The zero-order chi connectivity index (χ0) is 23.7. The Morgan fingerprint density at radius 1 is 1.06 bits per heavy atom. The van der Waals surface area contributed by atoms with Gasteiger partial charge in [0.15, 0.2) is 0 Å². The SMILES string of the molecule is CCN(CC)CCN(CC(C)C)C(=O)c1ccc(OC)c(S(=O)(=O)N2CCCCCC2)c1. The highest BCUT2D eigenvalue weighted by molar-refractivity contribution is 7.89. The highest BCUT2D eigenvalue weighted by atomic mass is 32.2. The van der Waals surface area contributed by atoms with Gasteiger partial charge in [-0.1, -0.05) is 40.5 Å². The number of hydrogen-bond acceptors (Lipinski definition) is 5. The van der Waals surface area contributed by atoms with Gasteiger partial charge in [-0.05, 0) is 50.0 Å². The van der Waals surface area contributed by atoms with Crippen molar-refractivity contribution >= 4 is 15.9 Å². The van der Waals surface area contributed by atoms with Crippen molar-refractivity contribution in [3.8, 4) is 5.75 Å². The molecule has 1 heterocycles. The molecule has 2 rings (SSSR count). The second-order valence-corrected chi connectivity index (χ2v) is 10.8. The molecule has 0 aliphatic carbocycles. The van der Waals surface area contributed by atoms with E-state index in [0.717, 1.165) is 45.3 Å². The summed E-state index contributed by atoms with van der Waals surface area (Å²) in [5.74, 6) is 0.458. The maximum atomic E-state index is 13.4. The summed E-state index contributed by atoms with van der Waals surface area (Å²) < 4.78 is 33.8. The molecule has 0 N–H and O–H groups in total. The molecule has 0 unspecified atom stereocenters. The van der Waals surface area contributed by atoms with E-state index < -0.39 is 10.0 Å². The summed E-state index contributed by atoms with van der Waals surface area (Å²) >= 11 is 0. The van der Waals surface area contributed by atoms with E-state index in [2.05, 4.69) is 32.6 Å². The monoisotopic (exact) mass is 467 g/mol. The van der Waals surface area contributed by atoms with Crippen molar-refractivity contribution in [2.45, 2.75) is 58.3 Å². The van der Waals surface area contributed by atoms with Crippen molar-refractivity contribution in [2.24, 2.45) is 5.92 Å². The Labute approximate surface area is 194 Å². The average Bonchev–Trinajstić information content (AvgIpc) is 3.08. The normalized spacial score (nSPS) is 15.7. The van der Waals surface area contributed by atoms with Gasteiger partial charge < -0.3 is 14.5 Å². The van der Waals surface area contributed by atoms with E-state index in [9.17, 15) is 13.2 Å². The molecule has 1 saturated heterocycles. The molecule has 0 aromatic heterocycles. The topological polar surface area (TPSA) is 70.2 Å². The van der Waals surface area contributed by atoms with Crippen molar-refractivity contribution in [2.75, 3.05) is 52.9 Å². The highest BCUT2D eigenvalue weighted by Gasteiger charge is 2.30. The van der Waals surface area contributed by atoms with Crippen LogP contribution >= 0.6 is 0 Å². The maximum Gasteiger partial charge on any atom is 0.253 e. The number of methoxy groups -OCH3 is 1. The van der Waals surface area contributed by atoms with Crippen LogP contribution in [0.25, 0.3) is 0 Å². The fourth-order valence-corrected chi connectivity index (χ4v) is 5.83. The lowest BCUT2D eigenvalue weighted by Gasteiger charge is -2.28. The summed E-state index contributed by atoms with van der Waals surface area (Å²) in [7, 11) is -2.27. The van der Waals surface area contributed by atoms with E-state index >= 15 is 0 Å². The average molecular weight is 468 g/mol. The third kappa shape index (κ3) is 6.93. The molecule has 1 aliphatic heterocycles. The van der Waals surface area contributed by atoms with Gasteiger partial charge in [-0.3, -0.25) is 4.79 Å².